The number of fused-ring (bicyclic) bond motifs is 1. The monoisotopic (exact) mass is 346 g/mol. The first-order valence-electron chi connectivity index (χ1n) is 7.83. The number of benzene rings is 2. The van der Waals surface area contributed by atoms with E-state index in [2.05, 4.69) is 10.6 Å². The Bertz CT molecular complexity index is 839. The number of rotatable bonds is 3. The van der Waals surface area contributed by atoms with E-state index in [1.54, 1.807) is 18.2 Å². The quantitative estimate of drug-likeness (QED) is 0.790. The second-order valence-corrected chi connectivity index (χ2v) is 5.85. The zero-order valence-electron chi connectivity index (χ0n) is 13.2. The Morgan fingerprint density at radius 3 is 2.64 bits per heavy atom. The predicted molar refractivity (Wildman–Crippen MR) is 87.6 cm³/mol. The topological polar surface area (TPSA) is 78.4 Å². The lowest BCUT2D eigenvalue weighted by molar-refractivity contribution is 0.102. The van der Waals surface area contributed by atoms with E-state index < -0.39 is 23.6 Å². The Morgan fingerprint density at radius 1 is 1.12 bits per heavy atom. The second-order valence-electron chi connectivity index (χ2n) is 5.85. The minimum atomic E-state index is -1.12. The summed E-state index contributed by atoms with van der Waals surface area (Å²) in [5.41, 5.74) is 2.09. The standard InChI is InChI=1S/C18H16F2N2O3/c19-14-8-7-10(9-15(14)20)21-17(23)13-5-1-4-12-11(13)3-2-6-16(12)22-18(24)25/h1,4-5,7-9,16,22H,2-3,6H2,(H,21,23)(H,24,25). The van der Waals surface area contributed by atoms with E-state index in [0.717, 1.165) is 29.7 Å². The van der Waals surface area contributed by atoms with E-state index in [-0.39, 0.29) is 11.7 Å². The molecule has 2 amide bonds. The van der Waals surface area contributed by atoms with E-state index in [4.69, 9.17) is 5.11 Å². The minimum absolute atomic E-state index is 0.150. The molecule has 1 atom stereocenters. The van der Waals surface area contributed by atoms with Gasteiger partial charge in [0.25, 0.3) is 5.91 Å². The molecule has 25 heavy (non-hydrogen) atoms. The lowest BCUT2D eigenvalue weighted by atomic mass is 9.84. The van der Waals surface area contributed by atoms with Crippen LogP contribution in [-0.2, 0) is 6.42 Å². The van der Waals surface area contributed by atoms with Gasteiger partial charge >= 0.3 is 6.09 Å². The fourth-order valence-corrected chi connectivity index (χ4v) is 3.13. The van der Waals surface area contributed by atoms with Gasteiger partial charge in [0.2, 0.25) is 0 Å². The zero-order chi connectivity index (χ0) is 18.0. The van der Waals surface area contributed by atoms with E-state index in [0.29, 0.717) is 18.4 Å². The van der Waals surface area contributed by atoms with Gasteiger partial charge in [0.05, 0.1) is 6.04 Å². The average Bonchev–Trinajstić information content (AvgIpc) is 2.57. The number of hydrogen-bond acceptors (Lipinski definition) is 2. The normalized spacial score (nSPS) is 16.0. The van der Waals surface area contributed by atoms with Crippen molar-refractivity contribution in [1.29, 1.82) is 0 Å². The van der Waals surface area contributed by atoms with Gasteiger partial charge in [0.15, 0.2) is 11.6 Å². The molecule has 130 valence electrons. The molecule has 3 rings (SSSR count). The van der Waals surface area contributed by atoms with Crippen LogP contribution in [0.15, 0.2) is 36.4 Å². The van der Waals surface area contributed by atoms with Gasteiger partial charge in [-0.15, -0.1) is 0 Å². The van der Waals surface area contributed by atoms with Crippen molar-refractivity contribution in [3.63, 3.8) is 0 Å². The zero-order valence-corrected chi connectivity index (χ0v) is 13.2. The van der Waals surface area contributed by atoms with Crippen LogP contribution in [0.1, 0.15) is 40.4 Å². The van der Waals surface area contributed by atoms with E-state index >= 15 is 0 Å². The summed E-state index contributed by atoms with van der Waals surface area (Å²) in [5, 5.41) is 14.0. The van der Waals surface area contributed by atoms with Crippen molar-refractivity contribution < 1.29 is 23.5 Å². The molecule has 2 aromatic rings. The molecule has 1 aliphatic carbocycles. The molecule has 3 N–H and O–H groups in total. The molecule has 0 radical (unpaired) electrons. The number of amides is 2. The highest BCUT2D eigenvalue weighted by molar-refractivity contribution is 6.05. The van der Waals surface area contributed by atoms with Crippen LogP contribution in [0.5, 0.6) is 0 Å². The summed E-state index contributed by atoms with van der Waals surface area (Å²) in [6.07, 6.45) is 0.935. The first kappa shape index (κ1) is 16.9. The van der Waals surface area contributed by atoms with Gasteiger partial charge < -0.3 is 15.7 Å². The molecular formula is C18H16F2N2O3. The SMILES string of the molecule is O=C(O)NC1CCCc2c(C(=O)Nc3ccc(F)c(F)c3)cccc21. The fraction of sp³-hybridized carbons (Fsp3) is 0.222. The van der Waals surface area contributed by atoms with Gasteiger partial charge in [-0.25, -0.2) is 13.6 Å². The predicted octanol–water partition coefficient (Wildman–Crippen LogP) is 3.86. The van der Waals surface area contributed by atoms with Gasteiger partial charge in [-0.3, -0.25) is 4.79 Å². The van der Waals surface area contributed by atoms with Crippen molar-refractivity contribution >= 4 is 17.7 Å². The van der Waals surface area contributed by atoms with Gasteiger partial charge in [-0.05, 0) is 48.6 Å². The summed E-state index contributed by atoms with van der Waals surface area (Å²) in [5.74, 6) is -2.48. The van der Waals surface area contributed by atoms with Crippen LogP contribution in [0, 0.1) is 11.6 Å². The maximum atomic E-state index is 13.3. The van der Waals surface area contributed by atoms with Crippen LogP contribution in [-0.4, -0.2) is 17.1 Å². The molecule has 2 aromatic carbocycles. The molecule has 0 spiro atoms. The molecule has 5 nitrogen and oxygen atoms in total. The molecule has 0 saturated carbocycles. The highest BCUT2D eigenvalue weighted by Gasteiger charge is 2.25. The number of hydrogen-bond donors (Lipinski definition) is 3. The molecule has 0 fully saturated rings. The van der Waals surface area contributed by atoms with Crippen LogP contribution >= 0.6 is 0 Å². The van der Waals surface area contributed by atoms with E-state index in [1.165, 1.54) is 6.07 Å². The van der Waals surface area contributed by atoms with Crippen molar-refractivity contribution in [1.82, 2.24) is 5.32 Å². The van der Waals surface area contributed by atoms with Crippen LogP contribution in [0.2, 0.25) is 0 Å². The molecule has 1 aliphatic rings. The molecular weight excluding hydrogens is 330 g/mol. The first-order valence-corrected chi connectivity index (χ1v) is 7.83. The summed E-state index contributed by atoms with van der Waals surface area (Å²) in [4.78, 5) is 23.5. The third-order valence-electron chi connectivity index (χ3n) is 4.23. The van der Waals surface area contributed by atoms with Crippen molar-refractivity contribution in [3.05, 3.63) is 64.7 Å². The maximum Gasteiger partial charge on any atom is 0.405 e. The Balaban J connectivity index is 1.88. The van der Waals surface area contributed by atoms with Crippen molar-refractivity contribution in [2.75, 3.05) is 5.32 Å². The third-order valence-corrected chi connectivity index (χ3v) is 4.23. The van der Waals surface area contributed by atoms with E-state index in [1.807, 2.05) is 0 Å². The Labute approximate surface area is 142 Å². The largest absolute Gasteiger partial charge is 0.465 e. The molecule has 7 heteroatoms. The highest BCUT2D eigenvalue weighted by Crippen LogP contribution is 2.32. The fourth-order valence-electron chi connectivity index (χ4n) is 3.13. The molecule has 0 heterocycles. The summed E-state index contributed by atoms with van der Waals surface area (Å²) >= 11 is 0. The smallest absolute Gasteiger partial charge is 0.405 e. The number of halogens is 2. The molecule has 0 aliphatic heterocycles. The van der Waals surface area contributed by atoms with Gasteiger partial charge in [-0.2, -0.15) is 0 Å². The highest BCUT2D eigenvalue weighted by atomic mass is 19.2. The number of carboxylic acid groups (broad SMARTS) is 1. The summed E-state index contributed by atoms with van der Waals surface area (Å²) in [6.45, 7) is 0. The van der Waals surface area contributed by atoms with E-state index in [9.17, 15) is 18.4 Å². The maximum absolute atomic E-state index is 13.3. The lowest BCUT2D eigenvalue weighted by Gasteiger charge is -2.27. The van der Waals surface area contributed by atoms with Crippen LogP contribution in [0.3, 0.4) is 0 Å². The summed E-state index contributed by atoms with van der Waals surface area (Å²) < 4.78 is 26.3. The van der Waals surface area contributed by atoms with Crippen LogP contribution in [0.25, 0.3) is 0 Å². The average molecular weight is 346 g/mol. The summed E-state index contributed by atoms with van der Waals surface area (Å²) in [7, 11) is 0. The van der Waals surface area contributed by atoms with Gasteiger partial charge in [0, 0.05) is 17.3 Å². The number of carbonyl (C=O) groups excluding carboxylic acids is 1. The first-order chi connectivity index (χ1) is 12.0. The second kappa shape index (κ2) is 6.88. The molecule has 0 aromatic heterocycles. The van der Waals surface area contributed by atoms with Gasteiger partial charge in [0.1, 0.15) is 0 Å². The minimum Gasteiger partial charge on any atom is -0.465 e. The number of anilines is 1. The lowest BCUT2D eigenvalue weighted by Crippen LogP contribution is -2.30. The van der Waals surface area contributed by atoms with Crippen molar-refractivity contribution in [3.8, 4) is 0 Å². The number of nitrogens with one attached hydrogen (secondary N) is 2. The molecule has 0 bridgehead atoms. The third kappa shape index (κ3) is 3.60. The molecule has 1 unspecified atom stereocenters. The van der Waals surface area contributed by atoms with Crippen LogP contribution in [0.4, 0.5) is 19.3 Å². The Kier molecular flexibility index (Phi) is 4.65. The molecule has 0 saturated heterocycles. The van der Waals surface area contributed by atoms with Crippen molar-refractivity contribution in [2.45, 2.75) is 25.3 Å². The van der Waals surface area contributed by atoms with Crippen molar-refractivity contribution in [2.24, 2.45) is 0 Å². The van der Waals surface area contributed by atoms with Gasteiger partial charge in [-0.1, -0.05) is 12.1 Å². The summed E-state index contributed by atoms with van der Waals surface area (Å²) in [6, 6.07) is 7.88. The Morgan fingerprint density at radius 2 is 1.92 bits per heavy atom. The van der Waals surface area contributed by atoms with Crippen LogP contribution < -0.4 is 10.6 Å². The number of carbonyl (C=O) groups is 2. The Hall–Kier alpha value is -2.96.